The number of rotatable bonds is 9. The van der Waals surface area contributed by atoms with Crippen molar-refractivity contribution in [1.82, 2.24) is 4.90 Å². The van der Waals surface area contributed by atoms with E-state index in [2.05, 4.69) is 5.32 Å². The summed E-state index contributed by atoms with van der Waals surface area (Å²) in [5.74, 6) is 2.11. The molecule has 0 unspecified atom stereocenters. The minimum Gasteiger partial charge on any atom is -0.497 e. The number of hydrogen-bond acceptors (Lipinski definition) is 4. The lowest BCUT2D eigenvalue weighted by Crippen LogP contribution is -2.36. The molecule has 1 N–H and O–H groups in total. The lowest BCUT2D eigenvalue weighted by Gasteiger charge is -2.24. The van der Waals surface area contributed by atoms with Crippen molar-refractivity contribution < 1.29 is 19.0 Å². The molecule has 0 aromatic heterocycles. The van der Waals surface area contributed by atoms with E-state index >= 15 is 0 Å². The highest BCUT2D eigenvalue weighted by Gasteiger charge is 2.16. The summed E-state index contributed by atoms with van der Waals surface area (Å²) in [5.41, 5.74) is 2.69. The van der Waals surface area contributed by atoms with Crippen LogP contribution in [0.4, 0.5) is 10.5 Å². The van der Waals surface area contributed by atoms with Gasteiger partial charge in [-0.1, -0.05) is 35.9 Å². The summed E-state index contributed by atoms with van der Waals surface area (Å²) in [6.07, 6.45) is 0.652. The maximum Gasteiger partial charge on any atom is 0.322 e. The summed E-state index contributed by atoms with van der Waals surface area (Å²) >= 11 is 6.06. The van der Waals surface area contributed by atoms with Crippen molar-refractivity contribution in [1.29, 1.82) is 0 Å². The Bertz CT molecular complexity index is 1040. The summed E-state index contributed by atoms with van der Waals surface area (Å²) in [5, 5.41) is 3.50. The molecule has 32 heavy (non-hydrogen) atoms. The topological polar surface area (TPSA) is 60.0 Å². The van der Waals surface area contributed by atoms with Gasteiger partial charge in [0.15, 0.2) is 11.5 Å². The zero-order chi connectivity index (χ0) is 22.9. The number of nitrogens with one attached hydrogen (secondary N) is 1. The molecule has 6 nitrogen and oxygen atoms in total. The first-order valence-electron chi connectivity index (χ1n) is 10.2. The number of carbonyl (C=O) groups is 1. The van der Waals surface area contributed by atoms with Crippen molar-refractivity contribution in [3.05, 3.63) is 82.9 Å². The van der Waals surface area contributed by atoms with Crippen molar-refractivity contribution >= 4 is 23.3 Å². The Kier molecular flexibility index (Phi) is 8.22. The van der Waals surface area contributed by atoms with E-state index in [9.17, 15) is 4.79 Å². The molecule has 0 atom stereocenters. The third-order valence-electron chi connectivity index (χ3n) is 5.01. The fourth-order valence-electron chi connectivity index (χ4n) is 3.27. The van der Waals surface area contributed by atoms with Gasteiger partial charge in [-0.2, -0.15) is 0 Å². The third kappa shape index (κ3) is 6.31. The normalized spacial score (nSPS) is 10.4. The number of methoxy groups -OCH3 is 3. The number of halogens is 1. The monoisotopic (exact) mass is 454 g/mol. The van der Waals surface area contributed by atoms with Crippen LogP contribution in [0.25, 0.3) is 0 Å². The van der Waals surface area contributed by atoms with Crippen molar-refractivity contribution in [3.63, 3.8) is 0 Å². The summed E-state index contributed by atoms with van der Waals surface area (Å²) in [6, 6.07) is 20.3. The van der Waals surface area contributed by atoms with E-state index in [1.807, 2.05) is 48.5 Å². The minimum atomic E-state index is -0.205. The molecule has 0 radical (unpaired) electrons. The van der Waals surface area contributed by atoms with Crippen LogP contribution in [0.1, 0.15) is 11.1 Å². The zero-order valence-electron chi connectivity index (χ0n) is 18.4. The van der Waals surface area contributed by atoms with Crippen LogP contribution in [-0.2, 0) is 13.0 Å². The van der Waals surface area contributed by atoms with Crippen molar-refractivity contribution in [2.24, 2.45) is 0 Å². The summed E-state index contributed by atoms with van der Waals surface area (Å²) in [4.78, 5) is 14.9. The van der Waals surface area contributed by atoms with Crippen molar-refractivity contribution in [3.8, 4) is 17.2 Å². The van der Waals surface area contributed by atoms with Crippen LogP contribution in [0.15, 0.2) is 66.7 Å². The molecule has 0 saturated carbocycles. The maximum atomic E-state index is 13.1. The summed E-state index contributed by atoms with van der Waals surface area (Å²) in [6.45, 7) is 0.956. The molecule has 0 spiro atoms. The Hall–Kier alpha value is -3.38. The maximum absolute atomic E-state index is 13.1. The number of anilines is 1. The fraction of sp³-hybridized carbons (Fsp3) is 0.240. The molecule has 2 amide bonds. The lowest BCUT2D eigenvalue weighted by molar-refractivity contribution is 0.210. The Labute approximate surface area is 193 Å². The molecule has 7 heteroatoms. The standard InChI is InChI=1S/C25H27ClN2O4/c1-30-22-10-7-19(8-11-22)17-28(25(29)27-21-6-4-5-20(26)16-21)14-13-18-9-12-23(31-2)24(15-18)32-3/h4-12,15-16H,13-14,17H2,1-3H3,(H,27,29). The van der Waals surface area contributed by atoms with Gasteiger partial charge in [-0.3, -0.25) is 0 Å². The van der Waals surface area contributed by atoms with Crippen molar-refractivity contribution in [2.75, 3.05) is 33.2 Å². The quantitative estimate of drug-likeness (QED) is 0.454. The third-order valence-corrected chi connectivity index (χ3v) is 5.25. The van der Waals surface area contributed by atoms with Gasteiger partial charge in [0.1, 0.15) is 5.75 Å². The highest BCUT2D eigenvalue weighted by molar-refractivity contribution is 6.30. The molecular formula is C25H27ClN2O4. The molecule has 0 bridgehead atoms. The second kappa shape index (κ2) is 11.3. The molecule has 0 saturated heterocycles. The van der Waals surface area contributed by atoms with Crippen LogP contribution in [0.2, 0.25) is 5.02 Å². The lowest BCUT2D eigenvalue weighted by atomic mass is 10.1. The number of hydrogen-bond donors (Lipinski definition) is 1. The summed E-state index contributed by atoms with van der Waals surface area (Å²) < 4.78 is 15.9. The van der Waals surface area contributed by atoms with E-state index in [-0.39, 0.29) is 6.03 Å². The van der Waals surface area contributed by atoms with Gasteiger partial charge in [-0.15, -0.1) is 0 Å². The number of carbonyl (C=O) groups excluding carboxylic acids is 1. The molecule has 0 aliphatic rings. The smallest absolute Gasteiger partial charge is 0.322 e. The van der Waals surface area contributed by atoms with Gasteiger partial charge in [0, 0.05) is 23.8 Å². The summed E-state index contributed by atoms with van der Waals surface area (Å²) in [7, 11) is 4.84. The van der Waals surface area contributed by atoms with E-state index in [1.54, 1.807) is 44.4 Å². The van der Waals surface area contributed by atoms with E-state index < -0.39 is 0 Å². The molecule has 0 aliphatic carbocycles. The van der Waals surface area contributed by atoms with E-state index in [4.69, 9.17) is 25.8 Å². The highest BCUT2D eigenvalue weighted by atomic mass is 35.5. The molecule has 3 aromatic carbocycles. The van der Waals surface area contributed by atoms with Crippen molar-refractivity contribution in [2.45, 2.75) is 13.0 Å². The van der Waals surface area contributed by atoms with E-state index in [0.717, 1.165) is 16.9 Å². The van der Waals surface area contributed by atoms with Crippen LogP contribution < -0.4 is 19.5 Å². The van der Waals surface area contributed by atoms with Gasteiger partial charge in [0.05, 0.1) is 21.3 Å². The zero-order valence-corrected chi connectivity index (χ0v) is 19.2. The first kappa shape index (κ1) is 23.3. The van der Waals surface area contributed by atoms with Gasteiger partial charge in [-0.05, 0) is 60.0 Å². The average molecular weight is 455 g/mol. The predicted molar refractivity (Wildman–Crippen MR) is 127 cm³/mol. The first-order valence-corrected chi connectivity index (χ1v) is 10.6. The van der Waals surface area contributed by atoms with Gasteiger partial charge in [0.25, 0.3) is 0 Å². The van der Waals surface area contributed by atoms with Gasteiger partial charge >= 0.3 is 6.03 Å². The first-order chi connectivity index (χ1) is 15.5. The predicted octanol–water partition coefficient (Wildman–Crippen LogP) is 5.64. The number of benzene rings is 3. The van der Waals surface area contributed by atoms with Gasteiger partial charge in [-0.25, -0.2) is 4.79 Å². The average Bonchev–Trinajstić information content (AvgIpc) is 2.81. The SMILES string of the molecule is COc1ccc(CN(CCc2ccc(OC)c(OC)c2)C(=O)Nc2cccc(Cl)c2)cc1. The van der Waals surface area contributed by atoms with Gasteiger partial charge < -0.3 is 24.4 Å². The van der Waals surface area contributed by atoms with Gasteiger partial charge in [0.2, 0.25) is 0 Å². The highest BCUT2D eigenvalue weighted by Crippen LogP contribution is 2.28. The van der Waals surface area contributed by atoms with E-state index in [1.165, 1.54) is 0 Å². The molecule has 3 aromatic rings. The Morgan fingerprint density at radius 3 is 2.25 bits per heavy atom. The van der Waals surface area contributed by atoms with Crippen LogP contribution in [0.3, 0.4) is 0 Å². The Morgan fingerprint density at radius 1 is 0.875 bits per heavy atom. The second-order valence-corrected chi connectivity index (χ2v) is 7.59. The Morgan fingerprint density at radius 2 is 1.59 bits per heavy atom. The minimum absolute atomic E-state index is 0.205. The molecule has 168 valence electrons. The second-order valence-electron chi connectivity index (χ2n) is 7.15. The Balaban J connectivity index is 1.76. The largest absolute Gasteiger partial charge is 0.497 e. The number of urea groups is 1. The molecule has 3 rings (SSSR count). The molecular weight excluding hydrogens is 428 g/mol. The van der Waals surface area contributed by atoms with Crippen LogP contribution in [-0.4, -0.2) is 38.8 Å². The number of amides is 2. The van der Waals surface area contributed by atoms with Crippen LogP contribution in [0.5, 0.6) is 17.2 Å². The number of ether oxygens (including phenoxy) is 3. The van der Waals surface area contributed by atoms with Crippen LogP contribution in [0, 0.1) is 0 Å². The molecule has 0 aliphatic heterocycles. The fourth-order valence-corrected chi connectivity index (χ4v) is 3.46. The van der Waals surface area contributed by atoms with Crippen LogP contribution >= 0.6 is 11.6 Å². The van der Waals surface area contributed by atoms with E-state index in [0.29, 0.717) is 41.7 Å². The molecule has 0 fully saturated rings. The number of nitrogens with zero attached hydrogens (tertiary/aromatic N) is 1. The molecule has 0 heterocycles.